The van der Waals surface area contributed by atoms with E-state index in [4.69, 9.17) is 10.5 Å². The molecular weight excluding hydrogens is 312 g/mol. The fourth-order valence-electron chi connectivity index (χ4n) is 2.71. The van der Waals surface area contributed by atoms with Crippen LogP contribution < -0.4 is 5.73 Å². The molecule has 0 unspecified atom stereocenters. The van der Waals surface area contributed by atoms with Gasteiger partial charge in [-0.1, -0.05) is 36.4 Å². The van der Waals surface area contributed by atoms with Crippen LogP contribution in [0.2, 0.25) is 0 Å². The van der Waals surface area contributed by atoms with E-state index in [9.17, 15) is 4.79 Å². The van der Waals surface area contributed by atoms with Gasteiger partial charge in [0.1, 0.15) is 0 Å². The van der Waals surface area contributed by atoms with Gasteiger partial charge in [0.2, 0.25) is 0 Å². The molecule has 0 bridgehead atoms. The highest BCUT2D eigenvalue weighted by Gasteiger charge is 2.13. The Balaban J connectivity index is 0.00000192. The number of carbonyl (C=O) groups is 1. The Labute approximate surface area is 141 Å². The van der Waals surface area contributed by atoms with Crippen LogP contribution in [0, 0.1) is 0 Å². The number of hydrogen-bond acceptors (Lipinski definition) is 3. The molecule has 0 saturated heterocycles. The summed E-state index contributed by atoms with van der Waals surface area (Å²) >= 11 is 0. The molecule has 0 aliphatic rings. The van der Waals surface area contributed by atoms with Crippen molar-refractivity contribution >= 4 is 29.3 Å². The normalized spacial score (nSPS) is 10.3. The number of nitrogens with two attached hydrogens (primary N) is 1. The smallest absolute Gasteiger partial charge is 0.337 e. The Hall–Kier alpha value is -2.30. The first-order chi connectivity index (χ1) is 10.7. The van der Waals surface area contributed by atoms with Crippen LogP contribution in [0.1, 0.15) is 10.4 Å². The summed E-state index contributed by atoms with van der Waals surface area (Å²) in [6.07, 6.45) is 2.09. The van der Waals surface area contributed by atoms with Gasteiger partial charge in [-0.3, -0.25) is 0 Å². The maximum Gasteiger partial charge on any atom is 0.337 e. The quantitative estimate of drug-likeness (QED) is 0.745. The summed E-state index contributed by atoms with van der Waals surface area (Å²) in [5, 5.41) is 1.10. The van der Waals surface area contributed by atoms with Gasteiger partial charge >= 0.3 is 5.97 Å². The Kier molecular flexibility index (Phi) is 5.42. The van der Waals surface area contributed by atoms with Crippen molar-refractivity contribution in [3.05, 3.63) is 60.3 Å². The van der Waals surface area contributed by atoms with Crippen LogP contribution in [0.4, 0.5) is 0 Å². The second-order valence-electron chi connectivity index (χ2n) is 5.11. The summed E-state index contributed by atoms with van der Waals surface area (Å²) in [6.45, 7) is 1.24. The number of rotatable bonds is 4. The third-order valence-corrected chi connectivity index (χ3v) is 3.76. The Morgan fingerprint density at radius 1 is 1.17 bits per heavy atom. The van der Waals surface area contributed by atoms with Crippen molar-refractivity contribution in [2.24, 2.45) is 5.73 Å². The fraction of sp³-hybridized carbons (Fsp3) is 0.167. The molecule has 0 aliphatic carbocycles. The van der Waals surface area contributed by atoms with Crippen LogP contribution in [-0.2, 0) is 11.3 Å². The first-order valence-electron chi connectivity index (χ1n) is 7.21. The minimum Gasteiger partial charge on any atom is -0.465 e. The molecule has 5 heteroatoms. The Morgan fingerprint density at radius 2 is 1.91 bits per heavy atom. The van der Waals surface area contributed by atoms with Gasteiger partial charge in [-0.25, -0.2) is 4.79 Å². The lowest BCUT2D eigenvalue weighted by molar-refractivity contribution is 0.0601. The molecule has 0 saturated carbocycles. The first kappa shape index (κ1) is 17.1. The molecule has 0 amide bonds. The summed E-state index contributed by atoms with van der Waals surface area (Å²) in [5.74, 6) is -0.330. The highest BCUT2D eigenvalue weighted by molar-refractivity contribution is 6.00. The molecule has 0 atom stereocenters. The number of esters is 1. The highest BCUT2D eigenvalue weighted by Crippen LogP contribution is 2.31. The zero-order valence-electron chi connectivity index (χ0n) is 12.9. The molecule has 0 spiro atoms. The van der Waals surface area contributed by atoms with Gasteiger partial charge in [-0.15, -0.1) is 12.4 Å². The van der Waals surface area contributed by atoms with Gasteiger partial charge in [0.15, 0.2) is 0 Å². The molecule has 0 radical (unpaired) electrons. The Bertz CT molecular complexity index is 813. The number of ether oxygens (including phenoxy) is 1. The van der Waals surface area contributed by atoms with Crippen LogP contribution in [0.25, 0.3) is 22.0 Å². The van der Waals surface area contributed by atoms with E-state index < -0.39 is 0 Å². The number of fused-ring (bicyclic) bond motifs is 1. The van der Waals surface area contributed by atoms with E-state index in [1.807, 2.05) is 30.3 Å². The highest BCUT2D eigenvalue weighted by atomic mass is 35.5. The summed E-state index contributed by atoms with van der Waals surface area (Å²) in [6, 6.07) is 15.8. The molecule has 3 aromatic rings. The maximum atomic E-state index is 11.7. The summed E-state index contributed by atoms with van der Waals surface area (Å²) < 4.78 is 6.89. The predicted octanol–water partition coefficient (Wildman–Crippen LogP) is 3.48. The minimum atomic E-state index is -0.330. The average molecular weight is 331 g/mol. The average Bonchev–Trinajstić information content (AvgIpc) is 2.93. The van der Waals surface area contributed by atoms with E-state index in [2.05, 4.69) is 22.9 Å². The molecule has 2 N–H and O–H groups in total. The van der Waals surface area contributed by atoms with Crippen molar-refractivity contribution in [2.75, 3.05) is 13.7 Å². The standard InChI is InChI=1S/C18H18N2O2.ClH/c1-22-18(21)14-7-8-15-16(13-5-3-2-4-6-13)12-20(10-9-19)17(15)11-14;/h2-8,11-12H,9-10,19H2,1H3;1H. The lowest BCUT2D eigenvalue weighted by Crippen LogP contribution is -2.09. The number of carbonyl (C=O) groups excluding carboxylic acids is 1. The third kappa shape index (κ3) is 3.23. The van der Waals surface area contributed by atoms with E-state index in [1.54, 1.807) is 6.07 Å². The zero-order chi connectivity index (χ0) is 15.5. The fourth-order valence-corrected chi connectivity index (χ4v) is 2.71. The van der Waals surface area contributed by atoms with Crippen LogP contribution in [0.3, 0.4) is 0 Å². The lowest BCUT2D eigenvalue weighted by Gasteiger charge is -2.04. The topological polar surface area (TPSA) is 57.2 Å². The van der Waals surface area contributed by atoms with Gasteiger partial charge < -0.3 is 15.0 Å². The number of methoxy groups -OCH3 is 1. The van der Waals surface area contributed by atoms with Gasteiger partial charge in [-0.05, 0) is 17.7 Å². The number of benzene rings is 2. The molecule has 120 valence electrons. The summed E-state index contributed by atoms with van der Waals surface area (Å²) in [7, 11) is 1.39. The summed E-state index contributed by atoms with van der Waals surface area (Å²) in [5.41, 5.74) is 9.54. The van der Waals surface area contributed by atoms with E-state index in [-0.39, 0.29) is 18.4 Å². The van der Waals surface area contributed by atoms with E-state index in [1.165, 1.54) is 7.11 Å². The lowest BCUT2D eigenvalue weighted by atomic mass is 10.0. The largest absolute Gasteiger partial charge is 0.465 e. The molecule has 4 nitrogen and oxygen atoms in total. The van der Waals surface area contributed by atoms with Crippen molar-refractivity contribution in [3.63, 3.8) is 0 Å². The molecule has 23 heavy (non-hydrogen) atoms. The first-order valence-corrected chi connectivity index (χ1v) is 7.21. The predicted molar refractivity (Wildman–Crippen MR) is 95.0 cm³/mol. The maximum absolute atomic E-state index is 11.7. The van der Waals surface area contributed by atoms with Gasteiger partial charge in [0.25, 0.3) is 0 Å². The number of aromatic nitrogens is 1. The van der Waals surface area contributed by atoms with Crippen molar-refractivity contribution in [1.29, 1.82) is 0 Å². The number of hydrogen-bond donors (Lipinski definition) is 1. The second-order valence-corrected chi connectivity index (χ2v) is 5.11. The van der Waals surface area contributed by atoms with Crippen LogP contribution in [0.15, 0.2) is 54.7 Å². The monoisotopic (exact) mass is 330 g/mol. The molecule has 1 aromatic heterocycles. The molecule has 0 fully saturated rings. The number of halogens is 1. The van der Waals surface area contributed by atoms with Crippen molar-refractivity contribution in [3.8, 4) is 11.1 Å². The zero-order valence-corrected chi connectivity index (χ0v) is 13.7. The SMILES string of the molecule is COC(=O)c1ccc2c(-c3ccccc3)cn(CCN)c2c1.Cl. The third-order valence-electron chi connectivity index (χ3n) is 3.76. The van der Waals surface area contributed by atoms with E-state index >= 15 is 0 Å². The molecule has 0 aliphatic heterocycles. The van der Waals surface area contributed by atoms with Crippen LogP contribution in [-0.4, -0.2) is 24.2 Å². The van der Waals surface area contributed by atoms with Crippen molar-refractivity contribution < 1.29 is 9.53 Å². The van der Waals surface area contributed by atoms with E-state index in [0.717, 1.165) is 22.0 Å². The summed E-state index contributed by atoms with van der Waals surface area (Å²) in [4.78, 5) is 11.7. The van der Waals surface area contributed by atoms with Crippen LogP contribution >= 0.6 is 12.4 Å². The molecule has 3 rings (SSSR count). The van der Waals surface area contributed by atoms with Gasteiger partial charge in [0.05, 0.1) is 12.7 Å². The van der Waals surface area contributed by atoms with E-state index in [0.29, 0.717) is 18.7 Å². The molecule has 1 heterocycles. The second kappa shape index (κ2) is 7.31. The van der Waals surface area contributed by atoms with Crippen molar-refractivity contribution in [1.82, 2.24) is 4.57 Å². The van der Waals surface area contributed by atoms with Gasteiger partial charge in [0, 0.05) is 35.8 Å². The Morgan fingerprint density at radius 3 is 2.57 bits per heavy atom. The number of nitrogens with zero attached hydrogens (tertiary/aromatic N) is 1. The van der Waals surface area contributed by atoms with Gasteiger partial charge in [-0.2, -0.15) is 0 Å². The molecule has 2 aromatic carbocycles. The van der Waals surface area contributed by atoms with Crippen molar-refractivity contribution in [2.45, 2.75) is 6.54 Å². The van der Waals surface area contributed by atoms with Crippen LogP contribution in [0.5, 0.6) is 0 Å². The minimum absolute atomic E-state index is 0. The molecular formula is C18H19ClN2O2.